The van der Waals surface area contributed by atoms with Crippen LogP contribution in [0.5, 0.6) is 0 Å². The van der Waals surface area contributed by atoms with Crippen LogP contribution in [0.1, 0.15) is 12.8 Å². The van der Waals surface area contributed by atoms with E-state index in [-0.39, 0.29) is 13.2 Å². The maximum absolute atomic E-state index is 8.73. The molecule has 3 nitrogen and oxygen atoms in total. The van der Waals surface area contributed by atoms with Crippen LogP contribution < -0.4 is 0 Å². The maximum Gasteiger partial charge on any atom is 0.0771 e. The van der Waals surface area contributed by atoms with Crippen molar-refractivity contribution in [3.05, 3.63) is 6.42 Å². The quantitative estimate of drug-likeness (QED) is 0.435. The first-order valence-electron chi connectivity index (χ1n) is 3.02. The maximum atomic E-state index is 8.73. The second kappa shape index (κ2) is 6.01. The zero-order valence-corrected chi connectivity index (χ0v) is 5.32. The largest absolute Gasteiger partial charge is 0.396 e. The van der Waals surface area contributed by atoms with Crippen LogP contribution in [-0.2, 0) is 0 Å². The highest BCUT2D eigenvalue weighted by molar-refractivity contribution is 4.64. The zero-order valence-electron chi connectivity index (χ0n) is 5.32. The molecule has 0 spiro atoms. The lowest BCUT2D eigenvalue weighted by atomic mass is 10.2. The highest BCUT2D eigenvalue weighted by atomic mass is 16.3. The lowest BCUT2D eigenvalue weighted by molar-refractivity contribution is 0.0877. The summed E-state index contributed by atoms with van der Waals surface area (Å²) in [5.74, 6) is 0. The Morgan fingerprint density at radius 2 is 2.00 bits per heavy atom. The summed E-state index contributed by atoms with van der Waals surface area (Å²) < 4.78 is 0. The minimum absolute atomic E-state index is 0.0398. The summed E-state index contributed by atoms with van der Waals surface area (Å²) in [6.45, 7) is -0.155. The molecule has 0 amide bonds. The van der Waals surface area contributed by atoms with E-state index in [1.54, 1.807) is 6.42 Å². The topological polar surface area (TPSA) is 60.7 Å². The first-order chi connectivity index (χ1) is 4.31. The Morgan fingerprint density at radius 1 is 1.33 bits per heavy atom. The molecule has 55 valence electrons. The summed E-state index contributed by atoms with van der Waals surface area (Å²) in [5, 5.41) is 25.3. The molecule has 0 fully saturated rings. The average Bonchev–Trinajstić information content (AvgIpc) is 1.89. The lowest BCUT2D eigenvalue weighted by Crippen LogP contribution is -2.11. The Balaban J connectivity index is 2.88. The van der Waals surface area contributed by atoms with Gasteiger partial charge < -0.3 is 15.3 Å². The number of aliphatic hydroxyl groups excluding tert-OH is 3. The second-order valence-corrected chi connectivity index (χ2v) is 1.88. The van der Waals surface area contributed by atoms with Gasteiger partial charge >= 0.3 is 0 Å². The van der Waals surface area contributed by atoms with E-state index in [4.69, 9.17) is 15.3 Å². The van der Waals surface area contributed by atoms with E-state index in [0.29, 0.717) is 12.8 Å². The minimum Gasteiger partial charge on any atom is -0.396 e. The van der Waals surface area contributed by atoms with E-state index in [1.807, 2.05) is 0 Å². The van der Waals surface area contributed by atoms with Crippen molar-refractivity contribution >= 4 is 0 Å². The van der Waals surface area contributed by atoms with Gasteiger partial charge in [-0.05, 0) is 19.3 Å². The van der Waals surface area contributed by atoms with Crippen LogP contribution in [0.2, 0.25) is 0 Å². The van der Waals surface area contributed by atoms with E-state index in [2.05, 4.69) is 0 Å². The molecule has 0 saturated heterocycles. The van der Waals surface area contributed by atoms with Crippen molar-refractivity contribution in [2.45, 2.75) is 18.9 Å². The molecule has 0 bridgehead atoms. The highest BCUT2D eigenvalue weighted by Crippen LogP contribution is 1.97. The molecule has 1 atom stereocenters. The van der Waals surface area contributed by atoms with Gasteiger partial charge in [0.1, 0.15) is 0 Å². The molecule has 0 saturated carbocycles. The average molecular weight is 133 g/mol. The molecule has 0 aromatic carbocycles. The third kappa shape index (κ3) is 5.76. The molecule has 0 aliphatic carbocycles. The predicted molar refractivity (Wildman–Crippen MR) is 33.7 cm³/mol. The molecule has 0 aliphatic rings. The van der Waals surface area contributed by atoms with E-state index in [1.165, 1.54) is 0 Å². The lowest BCUT2D eigenvalue weighted by Gasteiger charge is -2.03. The molecule has 1 unspecified atom stereocenters. The summed E-state index contributed by atoms with van der Waals surface area (Å²) in [5.41, 5.74) is 0. The van der Waals surface area contributed by atoms with Crippen molar-refractivity contribution in [2.75, 3.05) is 13.2 Å². The zero-order chi connectivity index (χ0) is 7.11. The predicted octanol–water partition coefficient (Wildman–Crippen LogP) is -0.684. The number of hydrogen-bond acceptors (Lipinski definition) is 3. The molecule has 3 heteroatoms. The molecule has 0 aromatic heterocycles. The van der Waals surface area contributed by atoms with E-state index in [0.717, 1.165) is 0 Å². The van der Waals surface area contributed by atoms with Gasteiger partial charge in [0.05, 0.1) is 12.7 Å². The summed E-state index contributed by atoms with van der Waals surface area (Å²) in [6.07, 6.45) is 2.20. The van der Waals surface area contributed by atoms with Gasteiger partial charge in [0.2, 0.25) is 0 Å². The first-order valence-corrected chi connectivity index (χ1v) is 3.02. The van der Waals surface area contributed by atoms with Crippen LogP contribution in [0.4, 0.5) is 0 Å². The van der Waals surface area contributed by atoms with Crippen molar-refractivity contribution in [3.63, 3.8) is 0 Å². The number of rotatable bonds is 5. The van der Waals surface area contributed by atoms with Crippen LogP contribution in [0.3, 0.4) is 0 Å². The van der Waals surface area contributed by atoms with Crippen LogP contribution in [0.25, 0.3) is 0 Å². The Morgan fingerprint density at radius 3 is 2.44 bits per heavy atom. The van der Waals surface area contributed by atoms with Crippen molar-refractivity contribution in [1.82, 2.24) is 0 Å². The van der Waals surface area contributed by atoms with E-state index >= 15 is 0 Å². The summed E-state index contributed by atoms with van der Waals surface area (Å²) in [7, 11) is 0. The third-order valence-electron chi connectivity index (χ3n) is 1.04. The molecule has 1 radical (unpaired) electrons. The molecule has 9 heavy (non-hydrogen) atoms. The molecule has 0 rings (SSSR count). The van der Waals surface area contributed by atoms with E-state index < -0.39 is 6.10 Å². The van der Waals surface area contributed by atoms with Crippen molar-refractivity contribution in [2.24, 2.45) is 0 Å². The summed E-state index contributed by atoms with van der Waals surface area (Å²) in [6, 6.07) is 0. The first kappa shape index (κ1) is 8.88. The van der Waals surface area contributed by atoms with Crippen LogP contribution in [0, 0.1) is 6.42 Å². The van der Waals surface area contributed by atoms with Gasteiger partial charge in [-0.25, -0.2) is 0 Å². The van der Waals surface area contributed by atoms with Gasteiger partial charge in [-0.2, -0.15) is 0 Å². The summed E-state index contributed by atoms with van der Waals surface area (Å²) >= 11 is 0. The number of aliphatic hydroxyl groups is 3. The van der Waals surface area contributed by atoms with Gasteiger partial charge in [0.15, 0.2) is 0 Å². The van der Waals surface area contributed by atoms with Crippen molar-refractivity contribution < 1.29 is 15.3 Å². The fraction of sp³-hybridized carbons (Fsp3) is 0.833. The normalized spacial score (nSPS) is 13.7. The van der Waals surface area contributed by atoms with Crippen LogP contribution in [0.15, 0.2) is 0 Å². The van der Waals surface area contributed by atoms with Crippen molar-refractivity contribution in [3.8, 4) is 0 Å². The Bertz CT molecular complexity index is 56.3. The van der Waals surface area contributed by atoms with Gasteiger partial charge in [-0.3, -0.25) is 0 Å². The smallest absolute Gasteiger partial charge is 0.0771 e. The Kier molecular flexibility index (Phi) is 5.93. The van der Waals surface area contributed by atoms with Crippen molar-refractivity contribution in [1.29, 1.82) is 0 Å². The molecule has 0 heterocycles. The molecule has 0 aliphatic heterocycles. The SMILES string of the molecule is OC[CH]CCC(O)CO. The van der Waals surface area contributed by atoms with Gasteiger partial charge in [0.25, 0.3) is 0 Å². The fourth-order valence-corrected chi connectivity index (χ4v) is 0.493. The van der Waals surface area contributed by atoms with Crippen LogP contribution in [-0.4, -0.2) is 34.6 Å². The third-order valence-corrected chi connectivity index (χ3v) is 1.04. The van der Waals surface area contributed by atoms with Gasteiger partial charge in [0, 0.05) is 6.61 Å². The molecule has 0 aromatic rings. The fourth-order valence-electron chi connectivity index (χ4n) is 0.493. The number of unbranched alkanes of at least 4 members (excludes halogenated alkanes) is 1. The number of hydrogen-bond donors (Lipinski definition) is 3. The molecular formula is C6H13O3. The summed E-state index contributed by atoms with van der Waals surface area (Å²) in [4.78, 5) is 0. The minimum atomic E-state index is -0.632. The van der Waals surface area contributed by atoms with Crippen LogP contribution >= 0.6 is 0 Å². The molecule has 3 N–H and O–H groups in total. The Hall–Kier alpha value is -0.120. The second-order valence-electron chi connectivity index (χ2n) is 1.88. The Labute approximate surface area is 54.9 Å². The molecular weight excluding hydrogens is 120 g/mol. The highest BCUT2D eigenvalue weighted by Gasteiger charge is 1.99. The van der Waals surface area contributed by atoms with Gasteiger partial charge in [-0.1, -0.05) is 0 Å². The van der Waals surface area contributed by atoms with Gasteiger partial charge in [-0.15, -0.1) is 0 Å². The monoisotopic (exact) mass is 133 g/mol. The standard InChI is InChI=1S/C6H13O3/c7-4-2-1-3-6(9)5-8/h2,6-9H,1,3-5H2. The van der Waals surface area contributed by atoms with E-state index in [9.17, 15) is 0 Å².